The minimum Gasteiger partial charge on any atom is -0.395 e. The number of aliphatic hydroxyl groups is 1. The number of fused-ring (bicyclic) bond motifs is 1. The van der Waals surface area contributed by atoms with Crippen molar-refractivity contribution in [2.24, 2.45) is 0 Å². The molecule has 0 bridgehead atoms. The van der Waals surface area contributed by atoms with Crippen LogP contribution < -0.4 is 5.32 Å². The number of benzene rings is 2. The van der Waals surface area contributed by atoms with Crippen molar-refractivity contribution in [2.75, 3.05) is 11.9 Å². The Kier molecular flexibility index (Phi) is 3.35. The van der Waals surface area contributed by atoms with Crippen LogP contribution in [0.25, 0.3) is 11.0 Å². The van der Waals surface area contributed by atoms with Crippen LogP contribution in [-0.4, -0.2) is 21.3 Å². The molecule has 3 rings (SSSR count). The van der Waals surface area contributed by atoms with Gasteiger partial charge in [0.15, 0.2) is 0 Å². The van der Waals surface area contributed by atoms with Crippen LogP contribution in [0, 0.1) is 5.82 Å². The standard InChI is InChI=1S/C15H14FN3O/c16-11-5-7-12(8-6-11)17-15-18-13-3-1-2-4-14(13)19(15)9-10-20/h1-8,20H,9-10H2,(H,17,18). The topological polar surface area (TPSA) is 50.1 Å². The van der Waals surface area contributed by atoms with Crippen molar-refractivity contribution < 1.29 is 9.50 Å². The van der Waals surface area contributed by atoms with E-state index in [0.29, 0.717) is 12.5 Å². The molecule has 0 amide bonds. The van der Waals surface area contributed by atoms with Crippen LogP contribution in [-0.2, 0) is 6.54 Å². The Morgan fingerprint density at radius 2 is 1.85 bits per heavy atom. The fraction of sp³-hybridized carbons (Fsp3) is 0.133. The van der Waals surface area contributed by atoms with E-state index in [9.17, 15) is 9.50 Å². The molecule has 4 nitrogen and oxygen atoms in total. The van der Waals surface area contributed by atoms with Gasteiger partial charge < -0.3 is 15.0 Å². The lowest BCUT2D eigenvalue weighted by Gasteiger charge is -2.09. The number of aromatic nitrogens is 2. The summed E-state index contributed by atoms with van der Waals surface area (Å²) < 4.78 is 14.8. The van der Waals surface area contributed by atoms with Crippen molar-refractivity contribution in [3.05, 3.63) is 54.3 Å². The average Bonchev–Trinajstić information content (AvgIpc) is 2.80. The number of nitrogens with one attached hydrogen (secondary N) is 1. The maximum Gasteiger partial charge on any atom is 0.208 e. The van der Waals surface area contributed by atoms with Gasteiger partial charge in [0.25, 0.3) is 0 Å². The number of hydrogen-bond donors (Lipinski definition) is 2. The summed E-state index contributed by atoms with van der Waals surface area (Å²) in [5.74, 6) is 0.353. The third kappa shape index (κ3) is 2.35. The van der Waals surface area contributed by atoms with Crippen molar-refractivity contribution in [3.63, 3.8) is 0 Å². The largest absolute Gasteiger partial charge is 0.395 e. The first kappa shape index (κ1) is 12.6. The Labute approximate surface area is 115 Å². The molecule has 0 saturated heterocycles. The second-order valence-corrected chi connectivity index (χ2v) is 4.43. The molecule has 0 unspecified atom stereocenters. The van der Waals surface area contributed by atoms with Crippen LogP contribution in [0.4, 0.5) is 16.0 Å². The van der Waals surface area contributed by atoms with Gasteiger partial charge in [0.1, 0.15) is 5.82 Å². The lowest BCUT2D eigenvalue weighted by molar-refractivity contribution is 0.278. The average molecular weight is 271 g/mol. The van der Waals surface area contributed by atoms with Crippen molar-refractivity contribution in [2.45, 2.75) is 6.54 Å². The van der Waals surface area contributed by atoms with E-state index in [-0.39, 0.29) is 12.4 Å². The van der Waals surface area contributed by atoms with E-state index in [4.69, 9.17) is 0 Å². The second-order valence-electron chi connectivity index (χ2n) is 4.43. The first-order valence-corrected chi connectivity index (χ1v) is 6.36. The summed E-state index contributed by atoms with van der Waals surface area (Å²) in [6.45, 7) is 0.475. The Morgan fingerprint density at radius 1 is 1.10 bits per heavy atom. The summed E-state index contributed by atoms with van der Waals surface area (Å²) in [6, 6.07) is 13.8. The number of para-hydroxylation sites is 2. The Hall–Kier alpha value is -2.40. The molecular weight excluding hydrogens is 257 g/mol. The maximum absolute atomic E-state index is 12.9. The van der Waals surface area contributed by atoms with Gasteiger partial charge in [-0.3, -0.25) is 0 Å². The highest BCUT2D eigenvalue weighted by Gasteiger charge is 2.09. The van der Waals surface area contributed by atoms with Crippen LogP contribution in [0.5, 0.6) is 0 Å². The van der Waals surface area contributed by atoms with Gasteiger partial charge in [-0.1, -0.05) is 12.1 Å². The van der Waals surface area contributed by atoms with Gasteiger partial charge in [-0.2, -0.15) is 0 Å². The van der Waals surface area contributed by atoms with Crippen molar-refractivity contribution >= 4 is 22.7 Å². The number of nitrogens with zero attached hydrogens (tertiary/aromatic N) is 2. The summed E-state index contributed by atoms with van der Waals surface area (Å²) in [4.78, 5) is 4.50. The van der Waals surface area contributed by atoms with E-state index in [1.54, 1.807) is 12.1 Å². The van der Waals surface area contributed by atoms with E-state index in [2.05, 4.69) is 10.3 Å². The predicted octanol–water partition coefficient (Wildman–Crippen LogP) is 2.91. The van der Waals surface area contributed by atoms with E-state index in [1.165, 1.54) is 12.1 Å². The van der Waals surface area contributed by atoms with Crippen LogP contribution in [0.1, 0.15) is 0 Å². The highest BCUT2D eigenvalue weighted by atomic mass is 19.1. The number of rotatable bonds is 4. The molecule has 1 heterocycles. The Morgan fingerprint density at radius 3 is 2.60 bits per heavy atom. The molecule has 0 fully saturated rings. The summed E-state index contributed by atoms with van der Waals surface area (Å²) in [7, 11) is 0. The first-order chi connectivity index (χ1) is 9.78. The number of aliphatic hydroxyl groups excluding tert-OH is 1. The fourth-order valence-corrected chi connectivity index (χ4v) is 2.16. The molecular formula is C15H14FN3O. The molecule has 0 aliphatic rings. The molecule has 0 saturated carbocycles. The number of hydrogen-bond acceptors (Lipinski definition) is 3. The molecule has 2 aromatic carbocycles. The van der Waals surface area contributed by atoms with Crippen LogP contribution in [0.15, 0.2) is 48.5 Å². The van der Waals surface area contributed by atoms with Gasteiger partial charge in [-0.05, 0) is 36.4 Å². The van der Waals surface area contributed by atoms with E-state index in [1.807, 2.05) is 28.8 Å². The zero-order valence-electron chi connectivity index (χ0n) is 10.8. The molecule has 20 heavy (non-hydrogen) atoms. The third-order valence-electron chi connectivity index (χ3n) is 3.08. The molecule has 102 valence electrons. The van der Waals surface area contributed by atoms with Crippen LogP contribution >= 0.6 is 0 Å². The first-order valence-electron chi connectivity index (χ1n) is 6.36. The normalized spacial score (nSPS) is 10.9. The molecule has 3 aromatic rings. The Bertz CT molecular complexity index is 722. The SMILES string of the molecule is OCCn1c(Nc2ccc(F)cc2)nc2ccccc21. The molecule has 2 N–H and O–H groups in total. The second kappa shape index (κ2) is 5.30. The quantitative estimate of drug-likeness (QED) is 0.767. The van der Waals surface area contributed by atoms with Crippen LogP contribution in [0.3, 0.4) is 0 Å². The Balaban J connectivity index is 2.01. The number of halogens is 1. The van der Waals surface area contributed by atoms with Gasteiger partial charge in [-0.15, -0.1) is 0 Å². The number of anilines is 2. The zero-order valence-corrected chi connectivity index (χ0v) is 10.8. The molecule has 0 aliphatic carbocycles. The van der Waals surface area contributed by atoms with Gasteiger partial charge in [0, 0.05) is 12.2 Å². The van der Waals surface area contributed by atoms with E-state index < -0.39 is 0 Å². The molecule has 5 heteroatoms. The molecule has 0 atom stereocenters. The highest BCUT2D eigenvalue weighted by molar-refractivity contribution is 5.79. The van der Waals surface area contributed by atoms with E-state index >= 15 is 0 Å². The summed E-state index contributed by atoms with van der Waals surface area (Å²) in [5, 5.41) is 12.3. The summed E-state index contributed by atoms with van der Waals surface area (Å²) >= 11 is 0. The minimum absolute atomic E-state index is 0.0262. The lowest BCUT2D eigenvalue weighted by Crippen LogP contribution is -2.06. The van der Waals surface area contributed by atoms with Gasteiger partial charge >= 0.3 is 0 Å². The van der Waals surface area contributed by atoms with Gasteiger partial charge in [0.05, 0.1) is 17.6 Å². The lowest BCUT2D eigenvalue weighted by atomic mass is 10.3. The minimum atomic E-state index is -0.278. The fourth-order valence-electron chi connectivity index (χ4n) is 2.16. The summed E-state index contributed by atoms with van der Waals surface area (Å²) in [5.41, 5.74) is 2.55. The summed E-state index contributed by atoms with van der Waals surface area (Å²) in [6.07, 6.45) is 0. The van der Waals surface area contributed by atoms with Crippen molar-refractivity contribution in [1.29, 1.82) is 0 Å². The molecule has 0 aliphatic heterocycles. The monoisotopic (exact) mass is 271 g/mol. The van der Waals surface area contributed by atoms with Crippen molar-refractivity contribution in [3.8, 4) is 0 Å². The number of imidazole rings is 1. The van der Waals surface area contributed by atoms with Crippen molar-refractivity contribution in [1.82, 2.24) is 9.55 Å². The van der Waals surface area contributed by atoms with Gasteiger partial charge in [-0.25, -0.2) is 9.37 Å². The smallest absolute Gasteiger partial charge is 0.208 e. The molecule has 0 radical (unpaired) electrons. The predicted molar refractivity (Wildman–Crippen MR) is 76.5 cm³/mol. The van der Waals surface area contributed by atoms with Crippen LogP contribution in [0.2, 0.25) is 0 Å². The van der Waals surface area contributed by atoms with E-state index in [0.717, 1.165) is 16.7 Å². The molecule has 0 spiro atoms. The zero-order chi connectivity index (χ0) is 13.9. The molecule has 1 aromatic heterocycles. The highest BCUT2D eigenvalue weighted by Crippen LogP contribution is 2.22. The van der Waals surface area contributed by atoms with Gasteiger partial charge in [0.2, 0.25) is 5.95 Å². The third-order valence-corrected chi connectivity index (χ3v) is 3.08. The maximum atomic E-state index is 12.9.